The van der Waals surface area contributed by atoms with E-state index < -0.39 is 5.54 Å². The molecule has 0 heterocycles. The molecule has 2 rings (SSSR count). The summed E-state index contributed by atoms with van der Waals surface area (Å²) in [4.78, 5) is 13.0. The molecule has 1 aliphatic rings. The second-order valence-electron chi connectivity index (χ2n) is 4.15. The molecule has 0 spiro atoms. The molecule has 0 bridgehead atoms. The van der Waals surface area contributed by atoms with Crippen molar-refractivity contribution in [3.63, 3.8) is 0 Å². The van der Waals surface area contributed by atoms with Gasteiger partial charge in [-0.15, -0.1) is 0 Å². The van der Waals surface area contributed by atoms with E-state index in [9.17, 15) is 4.79 Å². The molecule has 0 saturated heterocycles. The highest BCUT2D eigenvalue weighted by Gasteiger charge is 2.39. The molecule has 0 N–H and O–H groups in total. The molecule has 2 heteroatoms. The first kappa shape index (κ1) is 9.41. The minimum absolute atomic E-state index is 0.427. The fraction of sp³-hybridized carbons (Fsp3) is 0.417. The van der Waals surface area contributed by atoms with Crippen LogP contribution in [-0.2, 0) is 17.6 Å². The van der Waals surface area contributed by atoms with Gasteiger partial charge in [-0.05, 0) is 38.1 Å². The molecule has 0 aliphatic heterocycles. The van der Waals surface area contributed by atoms with Gasteiger partial charge in [0.25, 0.3) is 0 Å². The van der Waals surface area contributed by atoms with Crippen LogP contribution in [0.15, 0.2) is 24.3 Å². The predicted octanol–water partition coefficient (Wildman–Crippen LogP) is 1.20. The Kier molecular flexibility index (Phi) is 2.16. The zero-order valence-electron chi connectivity index (χ0n) is 8.58. The Morgan fingerprint density at radius 1 is 1.21 bits per heavy atom. The first-order valence-corrected chi connectivity index (χ1v) is 4.81. The maximum Gasteiger partial charge on any atom is 0.221 e. The van der Waals surface area contributed by atoms with Gasteiger partial charge in [0.1, 0.15) is 0 Å². The van der Waals surface area contributed by atoms with Gasteiger partial charge in [-0.1, -0.05) is 24.3 Å². The van der Waals surface area contributed by atoms with Gasteiger partial charge in [0.15, 0.2) is 0 Å². The molecular weight excluding hydrogens is 174 g/mol. The molecule has 1 radical (unpaired) electrons. The van der Waals surface area contributed by atoms with Crippen LogP contribution < -0.4 is 0 Å². The van der Waals surface area contributed by atoms with E-state index in [0.717, 1.165) is 12.8 Å². The molecule has 0 aromatic heterocycles. The van der Waals surface area contributed by atoms with E-state index in [1.807, 2.05) is 31.1 Å². The Morgan fingerprint density at radius 2 is 1.71 bits per heavy atom. The summed E-state index contributed by atoms with van der Waals surface area (Å²) in [7, 11) is 3.88. The quantitative estimate of drug-likeness (QED) is 0.695. The molecule has 1 aromatic rings. The van der Waals surface area contributed by atoms with Crippen molar-refractivity contribution in [1.82, 2.24) is 4.90 Å². The third kappa shape index (κ3) is 1.26. The first-order valence-electron chi connectivity index (χ1n) is 4.81. The first-order chi connectivity index (χ1) is 6.68. The van der Waals surface area contributed by atoms with Crippen LogP contribution >= 0.6 is 0 Å². The van der Waals surface area contributed by atoms with Crippen LogP contribution in [0.1, 0.15) is 11.1 Å². The van der Waals surface area contributed by atoms with Crippen molar-refractivity contribution >= 4 is 6.29 Å². The van der Waals surface area contributed by atoms with Crippen LogP contribution in [0.25, 0.3) is 0 Å². The summed E-state index contributed by atoms with van der Waals surface area (Å²) < 4.78 is 0. The van der Waals surface area contributed by atoms with E-state index >= 15 is 0 Å². The number of carbonyl (C=O) groups excluding carboxylic acids is 1. The van der Waals surface area contributed by atoms with Crippen LogP contribution in [0.4, 0.5) is 0 Å². The number of nitrogens with zero attached hydrogens (tertiary/aromatic N) is 1. The van der Waals surface area contributed by atoms with Gasteiger partial charge >= 0.3 is 0 Å². The largest absolute Gasteiger partial charge is 0.296 e. The summed E-state index contributed by atoms with van der Waals surface area (Å²) in [5.74, 6) is 0. The molecule has 0 atom stereocenters. The maximum absolute atomic E-state index is 11.1. The van der Waals surface area contributed by atoms with Gasteiger partial charge < -0.3 is 0 Å². The fourth-order valence-corrected chi connectivity index (χ4v) is 2.07. The molecule has 2 nitrogen and oxygen atoms in total. The monoisotopic (exact) mass is 188 g/mol. The van der Waals surface area contributed by atoms with E-state index in [1.165, 1.54) is 11.1 Å². The molecular formula is C12H14NO. The van der Waals surface area contributed by atoms with Crippen LogP contribution in [0.2, 0.25) is 0 Å². The molecule has 0 saturated carbocycles. The van der Waals surface area contributed by atoms with Crippen molar-refractivity contribution in [2.24, 2.45) is 0 Å². The SMILES string of the molecule is CN(C)C1([C]=O)Cc2ccccc2C1. The normalized spacial score (nSPS) is 18.2. The van der Waals surface area contributed by atoms with E-state index in [4.69, 9.17) is 0 Å². The lowest BCUT2D eigenvalue weighted by molar-refractivity contribution is 0.232. The van der Waals surface area contributed by atoms with Gasteiger partial charge in [-0.2, -0.15) is 0 Å². The van der Waals surface area contributed by atoms with Crippen molar-refractivity contribution in [2.75, 3.05) is 14.1 Å². The predicted molar refractivity (Wildman–Crippen MR) is 56.0 cm³/mol. The summed E-state index contributed by atoms with van der Waals surface area (Å²) in [6.07, 6.45) is 3.78. The zero-order chi connectivity index (χ0) is 10.2. The molecule has 14 heavy (non-hydrogen) atoms. The number of fused-ring (bicyclic) bond motifs is 1. The average molecular weight is 188 g/mol. The van der Waals surface area contributed by atoms with Gasteiger partial charge in [-0.25, -0.2) is 0 Å². The minimum Gasteiger partial charge on any atom is -0.296 e. The summed E-state index contributed by atoms with van der Waals surface area (Å²) >= 11 is 0. The van der Waals surface area contributed by atoms with E-state index in [0.29, 0.717) is 0 Å². The third-order valence-corrected chi connectivity index (χ3v) is 3.13. The zero-order valence-corrected chi connectivity index (χ0v) is 8.58. The smallest absolute Gasteiger partial charge is 0.221 e. The Morgan fingerprint density at radius 3 is 2.07 bits per heavy atom. The second-order valence-corrected chi connectivity index (χ2v) is 4.15. The van der Waals surface area contributed by atoms with Crippen LogP contribution in [-0.4, -0.2) is 30.8 Å². The van der Waals surface area contributed by atoms with Crippen molar-refractivity contribution < 1.29 is 4.79 Å². The highest BCUT2D eigenvalue weighted by Crippen LogP contribution is 2.31. The summed E-state index contributed by atoms with van der Waals surface area (Å²) in [6, 6.07) is 8.24. The van der Waals surface area contributed by atoms with Gasteiger partial charge in [-0.3, -0.25) is 9.69 Å². The third-order valence-electron chi connectivity index (χ3n) is 3.13. The highest BCUT2D eigenvalue weighted by molar-refractivity contribution is 5.69. The van der Waals surface area contributed by atoms with Crippen LogP contribution in [0.5, 0.6) is 0 Å². The molecule has 1 aliphatic carbocycles. The maximum atomic E-state index is 11.1. The molecule has 0 fully saturated rings. The minimum atomic E-state index is -0.427. The molecule has 1 aromatic carbocycles. The second kappa shape index (κ2) is 3.21. The Labute approximate surface area is 84.5 Å². The summed E-state index contributed by atoms with van der Waals surface area (Å²) in [6.45, 7) is 0. The Hall–Kier alpha value is -1.15. The van der Waals surface area contributed by atoms with Gasteiger partial charge in [0.2, 0.25) is 6.29 Å². The summed E-state index contributed by atoms with van der Waals surface area (Å²) in [5.41, 5.74) is 2.14. The van der Waals surface area contributed by atoms with Gasteiger partial charge in [0, 0.05) is 0 Å². The topological polar surface area (TPSA) is 20.3 Å². The lowest BCUT2D eigenvalue weighted by Gasteiger charge is -2.29. The highest BCUT2D eigenvalue weighted by atomic mass is 16.1. The number of likely N-dealkylation sites (N-methyl/N-ethyl adjacent to an activating group) is 1. The average Bonchev–Trinajstić information content (AvgIpc) is 2.57. The Bertz CT molecular complexity index is 332. The van der Waals surface area contributed by atoms with Crippen LogP contribution in [0, 0.1) is 0 Å². The lowest BCUT2D eigenvalue weighted by Crippen LogP contribution is -2.46. The van der Waals surface area contributed by atoms with E-state index in [2.05, 4.69) is 18.4 Å². The van der Waals surface area contributed by atoms with E-state index in [-0.39, 0.29) is 0 Å². The number of benzene rings is 1. The van der Waals surface area contributed by atoms with Gasteiger partial charge in [0.05, 0.1) is 5.54 Å². The van der Waals surface area contributed by atoms with Crippen molar-refractivity contribution in [1.29, 1.82) is 0 Å². The van der Waals surface area contributed by atoms with E-state index in [1.54, 1.807) is 0 Å². The molecule has 0 amide bonds. The number of rotatable bonds is 2. The van der Waals surface area contributed by atoms with Crippen LogP contribution in [0.3, 0.4) is 0 Å². The van der Waals surface area contributed by atoms with Crippen molar-refractivity contribution in [3.8, 4) is 0 Å². The summed E-state index contributed by atoms with van der Waals surface area (Å²) in [5, 5.41) is 0. The number of hydrogen-bond donors (Lipinski definition) is 0. The standard InChI is InChI=1S/C12H14NO/c1-13(2)12(9-14)7-10-5-3-4-6-11(10)8-12/h3-6H,7-8H2,1-2H3. The lowest BCUT2D eigenvalue weighted by atomic mass is 9.96. The molecule has 73 valence electrons. The number of hydrogen-bond acceptors (Lipinski definition) is 2. The van der Waals surface area contributed by atoms with Crippen molar-refractivity contribution in [2.45, 2.75) is 18.4 Å². The fourth-order valence-electron chi connectivity index (χ4n) is 2.07. The molecule has 0 unspecified atom stereocenters. The van der Waals surface area contributed by atoms with Crippen molar-refractivity contribution in [3.05, 3.63) is 35.4 Å². The Balaban J connectivity index is 2.37.